The minimum atomic E-state index is -0.185. The summed E-state index contributed by atoms with van der Waals surface area (Å²) >= 11 is 0. The van der Waals surface area contributed by atoms with Crippen molar-refractivity contribution in [2.45, 2.75) is 39.2 Å². The Hall–Kier alpha value is -3.72. The number of rotatable bonds is 4. The number of aromatic nitrogens is 1. The standard InChI is InChI=1S/C31H28NO2/c1-2-34-28(33)20-32-30-24-14-8-6-10-21(24)16-18-26(30)29(23-12-4-3-5-13-23)27-19-17-22-11-7-9-15-25(22)31(27)32/h3-15H,2,16-20H2,1H3/q+1. The number of benzene rings is 3. The monoisotopic (exact) mass is 446 g/mol. The van der Waals surface area contributed by atoms with Gasteiger partial charge in [-0.1, -0.05) is 66.7 Å². The Kier molecular flexibility index (Phi) is 5.26. The molecule has 0 atom stereocenters. The number of fused-ring (bicyclic) bond motifs is 6. The lowest BCUT2D eigenvalue weighted by atomic mass is 9.77. The number of hydrogen-bond donors (Lipinski definition) is 0. The summed E-state index contributed by atoms with van der Waals surface area (Å²) in [5.74, 6) is -0.185. The second-order valence-electron chi connectivity index (χ2n) is 9.10. The molecule has 3 nitrogen and oxygen atoms in total. The van der Waals surface area contributed by atoms with Gasteiger partial charge in [0.05, 0.1) is 6.61 Å². The minimum absolute atomic E-state index is 0.185. The second kappa shape index (κ2) is 8.57. The van der Waals surface area contributed by atoms with Crippen molar-refractivity contribution in [2.75, 3.05) is 6.61 Å². The second-order valence-corrected chi connectivity index (χ2v) is 9.10. The van der Waals surface area contributed by atoms with Crippen LogP contribution in [0.5, 0.6) is 0 Å². The van der Waals surface area contributed by atoms with E-state index >= 15 is 0 Å². The molecule has 0 amide bonds. The van der Waals surface area contributed by atoms with Crippen LogP contribution in [-0.4, -0.2) is 12.6 Å². The zero-order chi connectivity index (χ0) is 23.1. The molecule has 168 valence electrons. The molecular weight excluding hydrogens is 418 g/mol. The Morgan fingerprint density at radius 1 is 0.735 bits per heavy atom. The summed E-state index contributed by atoms with van der Waals surface area (Å²) < 4.78 is 7.73. The highest BCUT2D eigenvalue weighted by molar-refractivity contribution is 5.85. The zero-order valence-corrected chi connectivity index (χ0v) is 19.5. The molecule has 0 bridgehead atoms. The van der Waals surface area contributed by atoms with Gasteiger partial charge in [0.1, 0.15) is 0 Å². The Balaban J connectivity index is 1.75. The van der Waals surface area contributed by atoms with E-state index in [0.29, 0.717) is 6.61 Å². The van der Waals surface area contributed by atoms with Crippen LogP contribution in [0.3, 0.4) is 0 Å². The van der Waals surface area contributed by atoms with Crippen molar-refractivity contribution in [3.63, 3.8) is 0 Å². The molecule has 3 aromatic carbocycles. The van der Waals surface area contributed by atoms with Gasteiger partial charge in [-0.25, -0.2) is 4.79 Å². The smallest absolute Gasteiger partial charge is 0.372 e. The fourth-order valence-corrected chi connectivity index (χ4v) is 5.86. The molecule has 0 aliphatic heterocycles. The summed E-state index contributed by atoms with van der Waals surface area (Å²) in [4.78, 5) is 12.9. The number of hydrogen-bond acceptors (Lipinski definition) is 2. The van der Waals surface area contributed by atoms with E-state index in [1.807, 2.05) is 6.92 Å². The van der Waals surface area contributed by atoms with Crippen molar-refractivity contribution in [3.05, 3.63) is 101 Å². The normalized spacial score (nSPS) is 13.3. The third kappa shape index (κ3) is 3.35. The first kappa shape index (κ1) is 20.9. The maximum absolute atomic E-state index is 12.9. The Labute approximate surface area is 200 Å². The molecule has 0 spiro atoms. The maximum Gasteiger partial charge on any atom is 0.372 e. The summed E-state index contributed by atoms with van der Waals surface area (Å²) in [6.45, 7) is 2.48. The first-order valence-corrected chi connectivity index (χ1v) is 12.3. The van der Waals surface area contributed by atoms with Gasteiger partial charge in [0.2, 0.25) is 17.9 Å². The van der Waals surface area contributed by atoms with Crippen LogP contribution >= 0.6 is 0 Å². The topological polar surface area (TPSA) is 30.2 Å². The number of carbonyl (C=O) groups excluding carboxylic acids is 1. The lowest BCUT2D eigenvalue weighted by Crippen LogP contribution is -2.46. The van der Waals surface area contributed by atoms with Crippen molar-refractivity contribution < 1.29 is 14.1 Å². The van der Waals surface area contributed by atoms with E-state index in [-0.39, 0.29) is 12.5 Å². The van der Waals surface area contributed by atoms with Crippen LogP contribution in [0, 0.1) is 0 Å². The van der Waals surface area contributed by atoms with E-state index in [1.165, 1.54) is 55.9 Å². The quantitative estimate of drug-likeness (QED) is 0.296. The Bertz CT molecular complexity index is 1330. The fraction of sp³-hybridized carbons (Fsp3) is 0.226. The fourth-order valence-electron chi connectivity index (χ4n) is 5.86. The van der Waals surface area contributed by atoms with Crippen molar-refractivity contribution in [2.24, 2.45) is 0 Å². The van der Waals surface area contributed by atoms with Crippen LogP contribution in [-0.2, 0) is 41.8 Å². The van der Waals surface area contributed by atoms with Crippen LogP contribution in [0.1, 0.15) is 29.2 Å². The van der Waals surface area contributed by atoms with E-state index in [2.05, 4.69) is 83.4 Å². The van der Waals surface area contributed by atoms with E-state index < -0.39 is 0 Å². The average molecular weight is 447 g/mol. The number of carbonyl (C=O) groups is 1. The van der Waals surface area contributed by atoms with Gasteiger partial charge in [-0.15, -0.1) is 0 Å². The SMILES string of the molecule is CCOC(=O)C[n+]1c2c(c(-c3ccccc3)c3c1-c1ccccc1CC3)CCc1ccccc1-2. The van der Waals surface area contributed by atoms with Crippen molar-refractivity contribution in [3.8, 4) is 33.6 Å². The molecule has 34 heavy (non-hydrogen) atoms. The van der Waals surface area contributed by atoms with Gasteiger partial charge in [-0.3, -0.25) is 0 Å². The lowest BCUT2D eigenvalue weighted by Gasteiger charge is -2.28. The minimum Gasteiger partial charge on any atom is -0.461 e. The average Bonchev–Trinajstić information content (AvgIpc) is 2.88. The maximum atomic E-state index is 12.9. The van der Waals surface area contributed by atoms with Gasteiger partial charge < -0.3 is 4.74 Å². The van der Waals surface area contributed by atoms with Crippen molar-refractivity contribution >= 4 is 5.97 Å². The van der Waals surface area contributed by atoms with Gasteiger partial charge in [-0.2, -0.15) is 4.57 Å². The largest absolute Gasteiger partial charge is 0.461 e. The molecule has 4 aromatic rings. The summed E-state index contributed by atoms with van der Waals surface area (Å²) in [6, 6.07) is 28.1. The summed E-state index contributed by atoms with van der Waals surface area (Å²) in [7, 11) is 0. The molecular formula is C31H28NO2+. The molecule has 0 unspecified atom stereocenters. The highest BCUT2D eigenvalue weighted by Gasteiger charge is 2.38. The van der Waals surface area contributed by atoms with E-state index in [1.54, 1.807) is 0 Å². The first-order chi connectivity index (χ1) is 16.8. The van der Waals surface area contributed by atoms with Gasteiger partial charge in [-0.05, 0) is 61.4 Å². The number of nitrogens with zero attached hydrogens (tertiary/aromatic N) is 1. The third-order valence-corrected chi connectivity index (χ3v) is 7.20. The van der Waals surface area contributed by atoms with Crippen LogP contribution in [0.15, 0.2) is 78.9 Å². The van der Waals surface area contributed by atoms with E-state index in [4.69, 9.17) is 4.74 Å². The molecule has 0 saturated heterocycles. The van der Waals surface area contributed by atoms with Gasteiger partial charge >= 0.3 is 5.97 Å². The summed E-state index contributed by atoms with van der Waals surface area (Å²) in [6.07, 6.45) is 3.96. The Morgan fingerprint density at radius 2 is 1.26 bits per heavy atom. The Morgan fingerprint density at radius 3 is 1.82 bits per heavy atom. The molecule has 6 rings (SSSR count). The molecule has 1 aromatic heterocycles. The van der Waals surface area contributed by atoms with E-state index in [9.17, 15) is 4.79 Å². The molecule has 0 N–H and O–H groups in total. The lowest BCUT2D eigenvalue weighted by molar-refractivity contribution is -0.665. The molecule has 0 radical (unpaired) electrons. The third-order valence-electron chi connectivity index (χ3n) is 7.20. The molecule has 2 aliphatic rings. The van der Waals surface area contributed by atoms with Crippen LogP contribution in [0.4, 0.5) is 0 Å². The van der Waals surface area contributed by atoms with Gasteiger partial charge in [0.15, 0.2) is 0 Å². The number of esters is 1. The van der Waals surface area contributed by atoms with Crippen molar-refractivity contribution in [1.29, 1.82) is 0 Å². The molecule has 1 heterocycles. The van der Waals surface area contributed by atoms with Crippen molar-refractivity contribution in [1.82, 2.24) is 0 Å². The highest BCUT2D eigenvalue weighted by Crippen LogP contribution is 2.44. The first-order valence-electron chi connectivity index (χ1n) is 12.3. The molecule has 0 saturated carbocycles. The summed E-state index contributed by atoms with van der Waals surface area (Å²) in [5.41, 5.74) is 12.8. The molecule has 2 aliphatic carbocycles. The zero-order valence-electron chi connectivity index (χ0n) is 19.5. The number of ether oxygens (including phenoxy) is 1. The van der Waals surface area contributed by atoms with E-state index in [0.717, 1.165) is 25.7 Å². The predicted molar refractivity (Wildman–Crippen MR) is 134 cm³/mol. The molecule has 3 heteroatoms. The number of aryl methyl sites for hydroxylation is 2. The van der Waals surface area contributed by atoms with Crippen LogP contribution < -0.4 is 4.57 Å². The van der Waals surface area contributed by atoms with Gasteiger partial charge in [0.25, 0.3) is 0 Å². The van der Waals surface area contributed by atoms with Gasteiger partial charge in [0, 0.05) is 27.8 Å². The number of pyridine rings is 1. The van der Waals surface area contributed by atoms with Crippen LogP contribution in [0.2, 0.25) is 0 Å². The predicted octanol–water partition coefficient (Wildman–Crippen LogP) is 5.74. The molecule has 0 fully saturated rings. The summed E-state index contributed by atoms with van der Waals surface area (Å²) in [5, 5.41) is 0. The van der Waals surface area contributed by atoms with Crippen LogP contribution in [0.25, 0.3) is 33.6 Å². The highest BCUT2D eigenvalue weighted by atomic mass is 16.5.